The number of carboxylic acid groups (broad SMARTS) is 2. The summed E-state index contributed by atoms with van der Waals surface area (Å²) in [5, 5.41) is 22.7. The van der Waals surface area contributed by atoms with E-state index in [0.717, 1.165) is 11.8 Å². The molecule has 2 atom stereocenters. The van der Waals surface area contributed by atoms with E-state index >= 15 is 0 Å². The third-order valence-corrected chi connectivity index (χ3v) is 4.78. The number of aromatic nitrogens is 4. The molecule has 2 amide bonds. The van der Waals surface area contributed by atoms with Crippen LogP contribution in [0.4, 0.5) is 0 Å². The average Bonchev–Trinajstić information content (AvgIpc) is 3.44. The summed E-state index contributed by atoms with van der Waals surface area (Å²) in [6.07, 6.45) is 4.46. The maximum atomic E-state index is 11.1. The number of amides is 2. The van der Waals surface area contributed by atoms with E-state index in [4.69, 9.17) is 21.7 Å². The fraction of sp³-hybridized carbons (Fsp3) is 0.389. The molecule has 0 saturated heterocycles. The highest BCUT2D eigenvalue weighted by Gasteiger charge is 2.23. The van der Waals surface area contributed by atoms with E-state index in [2.05, 4.69) is 30.6 Å². The van der Waals surface area contributed by atoms with Crippen LogP contribution in [-0.4, -0.2) is 84.2 Å². The maximum absolute atomic E-state index is 11.1. The van der Waals surface area contributed by atoms with Crippen LogP contribution in [0.25, 0.3) is 0 Å². The second-order valence-corrected chi connectivity index (χ2v) is 7.76. The Hall–Kier alpha value is -3.76. The first kappa shape index (κ1) is 28.3. The van der Waals surface area contributed by atoms with Gasteiger partial charge in [-0.1, -0.05) is 0 Å². The first-order chi connectivity index (χ1) is 16.1. The molecule has 0 aliphatic heterocycles. The number of aromatic amines is 2. The van der Waals surface area contributed by atoms with Crippen LogP contribution in [0, 0.1) is 0 Å². The second-order valence-electron chi connectivity index (χ2n) is 6.59. The van der Waals surface area contributed by atoms with Gasteiger partial charge in [0, 0.05) is 31.7 Å². The molecule has 0 aliphatic carbocycles. The Bertz CT molecular complexity index is 979. The van der Waals surface area contributed by atoms with Gasteiger partial charge in [-0.3, -0.25) is 14.4 Å². The van der Waals surface area contributed by atoms with Crippen molar-refractivity contribution in [1.29, 1.82) is 0 Å². The van der Waals surface area contributed by atoms with Crippen molar-refractivity contribution in [3.05, 3.63) is 30.2 Å². The number of imidazole rings is 2. The summed E-state index contributed by atoms with van der Waals surface area (Å²) >= 11 is 0.898. The SMILES string of the molecule is CC(=O)Sc1nc[nH]c1C[C@H](NC(=O)CN)C(=O)O.NCC(=O)N[C@@H](Cc1cnc[nH]1)C(=O)O. The van der Waals surface area contributed by atoms with Crippen molar-refractivity contribution in [2.45, 2.75) is 36.9 Å². The molecule has 0 spiro atoms. The van der Waals surface area contributed by atoms with Crippen molar-refractivity contribution in [3.63, 3.8) is 0 Å². The van der Waals surface area contributed by atoms with Crippen molar-refractivity contribution in [1.82, 2.24) is 30.6 Å². The Morgan fingerprint density at radius 2 is 1.53 bits per heavy atom. The van der Waals surface area contributed by atoms with Crippen LogP contribution < -0.4 is 22.1 Å². The fourth-order valence-electron chi connectivity index (χ4n) is 2.41. The molecule has 0 radical (unpaired) electrons. The van der Waals surface area contributed by atoms with E-state index in [0.29, 0.717) is 16.4 Å². The quantitative estimate of drug-likeness (QED) is 0.151. The lowest BCUT2D eigenvalue weighted by atomic mass is 10.1. The van der Waals surface area contributed by atoms with Gasteiger partial charge in [-0.2, -0.15) is 0 Å². The molecular weight excluding hydrogens is 472 g/mol. The number of hydrogen-bond acceptors (Lipinski definition) is 10. The Labute approximate surface area is 197 Å². The van der Waals surface area contributed by atoms with Crippen LogP contribution in [-0.2, 0) is 36.8 Å². The molecule has 2 heterocycles. The molecule has 15 nitrogen and oxygen atoms in total. The zero-order valence-corrected chi connectivity index (χ0v) is 18.9. The van der Waals surface area contributed by atoms with Crippen LogP contribution in [0.3, 0.4) is 0 Å². The first-order valence-corrected chi connectivity index (χ1v) is 10.5. The zero-order chi connectivity index (χ0) is 25.7. The van der Waals surface area contributed by atoms with Crippen LogP contribution in [0.5, 0.6) is 0 Å². The van der Waals surface area contributed by atoms with Gasteiger partial charge in [0.05, 0.1) is 31.4 Å². The Kier molecular flexibility index (Phi) is 12.0. The van der Waals surface area contributed by atoms with E-state index in [1.807, 2.05) is 0 Å². The van der Waals surface area contributed by atoms with Crippen molar-refractivity contribution in [2.24, 2.45) is 11.5 Å². The number of nitrogens with two attached hydrogens (primary N) is 2. The molecule has 0 bridgehead atoms. The van der Waals surface area contributed by atoms with Gasteiger partial charge in [0.25, 0.3) is 0 Å². The summed E-state index contributed by atoms with van der Waals surface area (Å²) in [6, 6.07) is -2.11. The predicted octanol–water partition coefficient (Wildman–Crippen LogP) is -2.40. The number of carbonyl (C=O) groups excluding carboxylic acids is 3. The summed E-state index contributed by atoms with van der Waals surface area (Å²) in [7, 11) is 0. The number of nitrogens with one attached hydrogen (secondary N) is 4. The molecule has 0 fully saturated rings. The lowest BCUT2D eigenvalue weighted by Crippen LogP contribution is -2.44. The lowest BCUT2D eigenvalue weighted by Gasteiger charge is -2.13. The topological polar surface area (TPSA) is 259 Å². The second kappa shape index (κ2) is 14.4. The van der Waals surface area contributed by atoms with Gasteiger partial charge in [0.15, 0.2) is 5.12 Å². The first-order valence-electron chi connectivity index (χ1n) is 9.69. The molecule has 34 heavy (non-hydrogen) atoms. The summed E-state index contributed by atoms with van der Waals surface area (Å²) in [4.78, 5) is 68.1. The molecule has 0 aromatic carbocycles. The van der Waals surface area contributed by atoms with Crippen LogP contribution in [0.2, 0.25) is 0 Å². The minimum absolute atomic E-state index is 0.00329. The van der Waals surface area contributed by atoms with E-state index in [1.165, 1.54) is 25.8 Å². The largest absolute Gasteiger partial charge is 0.480 e. The monoisotopic (exact) mass is 498 g/mol. The summed E-state index contributed by atoms with van der Waals surface area (Å²) in [5.74, 6) is -3.35. The number of thioether (sulfide) groups is 1. The number of carbonyl (C=O) groups is 5. The lowest BCUT2D eigenvalue weighted by molar-refractivity contribution is -0.142. The zero-order valence-electron chi connectivity index (χ0n) is 18.1. The Balaban J connectivity index is 0.000000350. The van der Waals surface area contributed by atoms with Gasteiger partial charge in [0.1, 0.15) is 17.1 Å². The van der Waals surface area contributed by atoms with Gasteiger partial charge in [0.2, 0.25) is 11.8 Å². The molecule has 186 valence electrons. The normalized spacial score (nSPS) is 12.0. The van der Waals surface area contributed by atoms with Gasteiger partial charge in [-0.15, -0.1) is 0 Å². The molecule has 2 aromatic rings. The molecule has 16 heteroatoms. The maximum Gasteiger partial charge on any atom is 0.326 e. The number of aliphatic carboxylic acids is 2. The molecule has 0 unspecified atom stereocenters. The number of hydrogen-bond donors (Lipinski definition) is 8. The molecule has 10 N–H and O–H groups in total. The highest BCUT2D eigenvalue weighted by atomic mass is 32.2. The molecule has 0 saturated carbocycles. The molecule has 2 aromatic heterocycles. The average molecular weight is 499 g/mol. The van der Waals surface area contributed by atoms with E-state index in [1.54, 1.807) is 0 Å². The summed E-state index contributed by atoms with van der Waals surface area (Å²) < 4.78 is 0. The number of rotatable bonds is 11. The standard InChI is InChI=1S/C10H14N4O4S.C8H12N4O3/c1-5(15)19-9-6(12-4-13-9)2-7(10(17)18)14-8(16)3-11;9-2-7(13)12-6(8(14)15)1-5-3-10-4-11-5/h4,7H,2-3,11H2,1H3,(H,12,13)(H,14,16)(H,17,18);3-4,6H,1-2,9H2,(H,10,11)(H,12,13)(H,14,15)/t7-;6-/m00/s1. The predicted molar refractivity (Wildman–Crippen MR) is 118 cm³/mol. The third-order valence-electron chi connectivity index (χ3n) is 3.94. The van der Waals surface area contributed by atoms with E-state index < -0.39 is 35.8 Å². The van der Waals surface area contributed by atoms with Gasteiger partial charge < -0.3 is 42.3 Å². The fourth-order valence-corrected chi connectivity index (χ4v) is 3.05. The van der Waals surface area contributed by atoms with Crippen molar-refractivity contribution < 1.29 is 34.2 Å². The minimum atomic E-state index is -1.19. The van der Waals surface area contributed by atoms with Crippen molar-refractivity contribution in [3.8, 4) is 0 Å². The van der Waals surface area contributed by atoms with Gasteiger partial charge >= 0.3 is 11.9 Å². The molecular formula is C18H26N8O7S. The smallest absolute Gasteiger partial charge is 0.326 e. The number of H-pyrrole nitrogens is 2. The molecule has 2 rings (SSSR count). The van der Waals surface area contributed by atoms with Crippen LogP contribution in [0.15, 0.2) is 23.9 Å². The van der Waals surface area contributed by atoms with Crippen molar-refractivity contribution in [2.75, 3.05) is 13.1 Å². The van der Waals surface area contributed by atoms with Gasteiger partial charge in [-0.25, -0.2) is 19.6 Å². The highest BCUT2D eigenvalue weighted by molar-refractivity contribution is 8.13. The highest BCUT2D eigenvalue weighted by Crippen LogP contribution is 2.20. The summed E-state index contributed by atoms with van der Waals surface area (Å²) in [6.45, 7) is 0.864. The van der Waals surface area contributed by atoms with Crippen molar-refractivity contribution >= 4 is 40.6 Å². The van der Waals surface area contributed by atoms with Crippen LogP contribution in [0.1, 0.15) is 18.3 Å². The number of carboxylic acids is 2. The summed E-state index contributed by atoms with van der Waals surface area (Å²) in [5.41, 5.74) is 11.3. The van der Waals surface area contributed by atoms with Crippen LogP contribution >= 0.6 is 11.8 Å². The van der Waals surface area contributed by atoms with Gasteiger partial charge in [-0.05, 0) is 11.8 Å². The van der Waals surface area contributed by atoms with E-state index in [-0.39, 0.29) is 31.0 Å². The number of nitrogens with zero attached hydrogens (tertiary/aromatic N) is 2. The molecule has 0 aliphatic rings. The minimum Gasteiger partial charge on any atom is -0.480 e. The van der Waals surface area contributed by atoms with E-state index in [9.17, 15) is 24.0 Å². The Morgan fingerprint density at radius 1 is 0.971 bits per heavy atom. The third kappa shape index (κ3) is 10.2. The Morgan fingerprint density at radius 3 is 1.97 bits per heavy atom.